The normalized spacial score (nSPS) is 17.2. The Bertz CT molecular complexity index is 916. The highest BCUT2D eigenvalue weighted by Gasteiger charge is 2.29. The first-order chi connectivity index (χ1) is 11.1. The zero-order valence-electron chi connectivity index (χ0n) is 12.6. The van der Waals surface area contributed by atoms with E-state index in [1.807, 2.05) is 37.3 Å². The Balaban J connectivity index is 1.88. The van der Waals surface area contributed by atoms with Crippen LogP contribution in [0.1, 0.15) is 23.1 Å². The van der Waals surface area contributed by atoms with Crippen LogP contribution in [0.3, 0.4) is 0 Å². The van der Waals surface area contributed by atoms with Crippen LogP contribution in [0.2, 0.25) is 0 Å². The number of aryl methyl sites for hydroxylation is 1. The van der Waals surface area contributed by atoms with Gasteiger partial charge in [-0.2, -0.15) is 0 Å². The van der Waals surface area contributed by atoms with Gasteiger partial charge in [-0.05, 0) is 19.1 Å². The first-order valence-corrected chi connectivity index (χ1v) is 7.55. The fraction of sp³-hybridized carbons (Fsp3) is 0.235. The van der Waals surface area contributed by atoms with Crippen molar-refractivity contribution in [2.24, 2.45) is 0 Å². The average molecular weight is 308 g/mol. The standard InChI is InChI=1S/C17H16N4O2/c1-9-5-6-10-11(3-2-4-12(10)19-9)16-20-13-7-8-18-15(17(22)23)14(13)21-16/h2-6,15,18H,7-8H2,1H3,(H,20,21)(H,22,23)/t15-/m0/s1. The molecule has 4 rings (SSSR count). The Morgan fingerprint density at radius 2 is 2.13 bits per heavy atom. The van der Waals surface area contributed by atoms with Crippen LogP contribution in [0.15, 0.2) is 30.3 Å². The topological polar surface area (TPSA) is 90.9 Å². The van der Waals surface area contributed by atoms with Crippen LogP contribution in [0.4, 0.5) is 0 Å². The molecule has 1 aromatic carbocycles. The van der Waals surface area contributed by atoms with Crippen LogP contribution < -0.4 is 5.32 Å². The number of H-pyrrole nitrogens is 1. The maximum atomic E-state index is 11.4. The summed E-state index contributed by atoms with van der Waals surface area (Å²) in [5.41, 5.74) is 4.28. The number of carboxylic acids is 1. The van der Waals surface area contributed by atoms with Crippen LogP contribution in [0.5, 0.6) is 0 Å². The lowest BCUT2D eigenvalue weighted by atomic mass is 10.1. The highest BCUT2D eigenvalue weighted by atomic mass is 16.4. The van der Waals surface area contributed by atoms with Gasteiger partial charge in [0.05, 0.1) is 11.2 Å². The average Bonchev–Trinajstić information content (AvgIpc) is 2.97. The number of aromatic amines is 1. The molecule has 0 unspecified atom stereocenters. The molecule has 0 saturated heterocycles. The molecule has 0 aliphatic carbocycles. The summed E-state index contributed by atoms with van der Waals surface area (Å²) in [6, 6.07) is 9.14. The zero-order chi connectivity index (χ0) is 16.0. The van der Waals surface area contributed by atoms with E-state index in [-0.39, 0.29) is 0 Å². The third-order valence-electron chi connectivity index (χ3n) is 4.18. The van der Waals surface area contributed by atoms with E-state index in [9.17, 15) is 9.90 Å². The van der Waals surface area contributed by atoms with Crippen molar-refractivity contribution < 1.29 is 9.90 Å². The Kier molecular flexibility index (Phi) is 3.12. The van der Waals surface area contributed by atoms with Crippen molar-refractivity contribution in [2.75, 3.05) is 6.54 Å². The van der Waals surface area contributed by atoms with E-state index in [0.29, 0.717) is 18.1 Å². The van der Waals surface area contributed by atoms with Crippen LogP contribution in [-0.2, 0) is 11.2 Å². The van der Waals surface area contributed by atoms with E-state index in [4.69, 9.17) is 0 Å². The van der Waals surface area contributed by atoms with Gasteiger partial charge in [-0.25, -0.2) is 4.98 Å². The van der Waals surface area contributed by atoms with E-state index < -0.39 is 12.0 Å². The molecule has 0 radical (unpaired) electrons. The quantitative estimate of drug-likeness (QED) is 0.675. The lowest BCUT2D eigenvalue weighted by Gasteiger charge is -2.18. The van der Waals surface area contributed by atoms with E-state index in [1.54, 1.807) is 0 Å². The van der Waals surface area contributed by atoms with Crippen molar-refractivity contribution in [2.45, 2.75) is 19.4 Å². The molecule has 3 heterocycles. The Morgan fingerprint density at radius 1 is 1.26 bits per heavy atom. The van der Waals surface area contributed by atoms with E-state index >= 15 is 0 Å². The molecule has 2 aromatic heterocycles. The summed E-state index contributed by atoms with van der Waals surface area (Å²) in [4.78, 5) is 23.8. The molecule has 6 nitrogen and oxygen atoms in total. The van der Waals surface area contributed by atoms with Crippen molar-refractivity contribution in [1.29, 1.82) is 0 Å². The molecule has 116 valence electrons. The number of aliphatic carboxylic acids is 1. The number of pyridine rings is 1. The van der Waals surface area contributed by atoms with E-state index in [1.165, 1.54) is 0 Å². The van der Waals surface area contributed by atoms with Crippen molar-refractivity contribution in [1.82, 2.24) is 20.3 Å². The van der Waals surface area contributed by atoms with Gasteiger partial charge in [-0.15, -0.1) is 0 Å². The smallest absolute Gasteiger partial charge is 0.327 e. The molecule has 3 aromatic rings. The SMILES string of the molecule is Cc1ccc2c(-c3nc4c([nH]3)CCN[C@@H]4C(=O)O)cccc2n1. The molecule has 6 heteroatoms. The Hall–Kier alpha value is -2.73. The number of nitrogens with zero attached hydrogens (tertiary/aromatic N) is 2. The lowest BCUT2D eigenvalue weighted by Crippen LogP contribution is -2.35. The van der Waals surface area contributed by atoms with Crippen LogP contribution in [0.25, 0.3) is 22.3 Å². The number of carbonyl (C=O) groups is 1. The van der Waals surface area contributed by atoms with Gasteiger partial charge in [0.25, 0.3) is 0 Å². The molecule has 0 amide bonds. The minimum atomic E-state index is -0.904. The summed E-state index contributed by atoms with van der Waals surface area (Å²) in [7, 11) is 0. The number of nitrogens with one attached hydrogen (secondary N) is 2. The monoisotopic (exact) mass is 308 g/mol. The van der Waals surface area contributed by atoms with Gasteiger partial charge in [-0.1, -0.05) is 18.2 Å². The summed E-state index contributed by atoms with van der Waals surface area (Å²) in [5, 5.41) is 13.3. The number of fused-ring (bicyclic) bond motifs is 2. The van der Waals surface area contributed by atoms with Gasteiger partial charge in [0, 0.05) is 35.3 Å². The molecule has 0 spiro atoms. The predicted molar refractivity (Wildman–Crippen MR) is 86.1 cm³/mol. The number of rotatable bonds is 2. The minimum absolute atomic E-state index is 0.579. The zero-order valence-corrected chi connectivity index (χ0v) is 12.6. The maximum Gasteiger partial charge on any atom is 0.327 e. The van der Waals surface area contributed by atoms with Crippen molar-refractivity contribution in [3.05, 3.63) is 47.4 Å². The summed E-state index contributed by atoms with van der Waals surface area (Å²) in [5.74, 6) is -0.208. The molecule has 23 heavy (non-hydrogen) atoms. The number of imidazole rings is 1. The van der Waals surface area contributed by atoms with Crippen LogP contribution in [-0.4, -0.2) is 32.6 Å². The molecule has 0 fully saturated rings. The minimum Gasteiger partial charge on any atom is -0.480 e. The van der Waals surface area contributed by atoms with Crippen molar-refractivity contribution in [3.63, 3.8) is 0 Å². The second-order valence-corrected chi connectivity index (χ2v) is 5.75. The first kappa shape index (κ1) is 13.9. The first-order valence-electron chi connectivity index (χ1n) is 7.55. The fourth-order valence-corrected chi connectivity index (χ4v) is 3.09. The molecular formula is C17H16N4O2. The highest BCUT2D eigenvalue weighted by Crippen LogP contribution is 2.29. The summed E-state index contributed by atoms with van der Waals surface area (Å²) < 4.78 is 0. The maximum absolute atomic E-state index is 11.4. The summed E-state index contributed by atoms with van der Waals surface area (Å²) >= 11 is 0. The van der Waals surface area contributed by atoms with Crippen molar-refractivity contribution in [3.8, 4) is 11.4 Å². The number of benzene rings is 1. The molecular weight excluding hydrogens is 292 g/mol. The second-order valence-electron chi connectivity index (χ2n) is 5.75. The summed E-state index contributed by atoms with van der Waals surface area (Å²) in [6.07, 6.45) is 0.744. The number of carboxylic acid groups (broad SMARTS) is 1. The van der Waals surface area contributed by atoms with E-state index in [2.05, 4.69) is 20.3 Å². The predicted octanol–water partition coefficient (Wildman–Crippen LogP) is 2.20. The molecule has 1 aliphatic heterocycles. The van der Waals surface area contributed by atoms with Gasteiger partial charge >= 0.3 is 5.97 Å². The highest BCUT2D eigenvalue weighted by molar-refractivity contribution is 5.93. The Morgan fingerprint density at radius 3 is 2.96 bits per heavy atom. The molecule has 3 N–H and O–H groups in total. The van der Waals surface area contributed by atoms with Gasteiger partial charge in [-0.3, -0.25) is 15.1 Å². The number of aromatic nitrogens is 3. The molecule has 0 saturated carbocycles. The summed E-state index contributed by atoms with van der Waals surface area (Å²) in [6.45, 7) is 2.59. The largest absolute Gasteiger partial charge is 0.480 e. The Labute approximate surface area is 132 Å². The van der Waals surface area contributed by atoms with Gasteiger partial charge in [0.1, 0.15) is 5.82 Å². The van der Waals surface area contributed by atoms with Crippen LogP contribution >= 0.6 is 0 Å². The van der Waals surface area contributed by atoms with Crippen LogP contribution in [0, 0.1) is 6.92 Å². The molecule has 1 aliphatic rings. The number of hydrogen-bond donors (Lipinski definition) is 3. The van der Waals surface area contributed by atoms with Crippen molar-refractivity contribution >= 4 is 16.9 Å². The third-order valence-corrected chi connectivity index (χ3v) is 4.18. The lowest BCUT2D eigenvalue weighted by molar-refractivity contribution is -0.139. The van der Waals surface area contributed by atoms with Gasteiger partial charge < -0.3 is 10.1 Å². The number of hydrogen-bond acceptors (Lipinski definition) is 4. The molecule has 1 atom stereocenters. The van der Waals surface area contributed by atoms with E-state index in [0.717, 1.165) is 34.3 Å². The van der Waals surface area contributed by atoms with Gasteiger partial charge in [0.15, 0.2) is 6.04 Å². The second kappa shape index (κ2) is 5.17. The fourth-order valence-electron chi connectivity index (χ4n) is 3.09. The third kappa shape index (κ3) is 2.27. The molecule has 0 bridgehead atoms. The van der Waals surface area contributed by atoms with Gasteiger partial charge in [0.2, 0.25) is 0 Å².